The molecule has 0 spiro atoms. The number of carbonyl (C=O) groups is 2. The molecule has 0 unspecified atom stereocenters. The number of carbonyl (C=O) groups excluding carboxylic acids is 2. The molecule has 0 fully saturated rings. The SMILES string of the molecule is CC(C)OC(=O)N=O.CC(C)OC(N)=O. The molecule has 0 aromatic heterocycles. The van der Waals surface area contributed by atoms with E-state index in [9.17, 15) is 14.5 Å². The van der Waals surface area contributed by atoms with Gasteiger partial charge < -0.3 is 15.2 Å². The normalized spacial score (nSPS) is 8.93. The van der Waals surface area contributed by atoms with Crippen LogP contribution in [0, 0.1) is 4.91 Å². The predicted molar refractivity (Wildman–Crippen MR) is 53.2 cm³/mol. The highest BCUT2D eigenvalue weighted by Gasteiger charge is 2.01. The van der Waals surface area contributed by atoms with Crippen LogP contribution < -0.4 is 5.73 Å². The summed E-state index contributed by atoms with van der Waals surface area (Å²) in [6.45, 7) is 6.77. The van der Waals surface area contributed by atoms with E-state index in [0.717, 1.165) is 0 Å². The van der Waals surface area contributed by atoms with Gasteiger partial charge in [0.25, 0.3) is 0 Å². The van der Waals surface area contributed by atoms with Gasteiger partial charge in [-0.1, -0.05) is 0 Å². The van der Waals surface area contributed by atoms with Gasteiger partial charge in [-0.05, 0) is 27.7 Å². The molecule has 0 atom stereocenters. The summed E-state index contributed by atoms with van der Waals surface area (Å²) in [6.07, 6.45) is -2.13. The summed E-state index contributed by atoms with van der Waals surface area (Å²) in [5.41, 5.74) is 4.63. The van der Waals surface area contributed by atoms with E-state index in [-0.39, 0.29) is 12.2 Å². The van der Waals surface area contributed by atoms with Crippen molar-refractivity contribution in [2.45, 2.75) is 39.9 Å². The first-order valence-corrected chi connectivity index (χ1v) is 4.29. The lowest BCUT2D eigenvalue weighted by molar-refractivity contribution is 0.124. The van der Waals surface area contributed by atoms with E-state index in [0.29, 0.717) is 0 Å². The Morgan fingerprint density at radius 3 is 1.53 bits per heavy atom. The van der Waals surface area contributed by atoms with Crippen molar-refractivity contribution >= 4 is 12.2 Å². The third kappa shape index (κ3) is 19.0. The average molecular weight is 220 g/mol. The minimum Gasteiger partial charge on any atom is -0.447 e. The Bertz CT molecular complexity index is 215. The first kappa shape index (κ1) is 15.8. The van der Waals surface area contributed by atoms with Gasteiger partial charge in [-0.2, -0.15) is 0 Å². The molecule has 0 aromatic carbocycles. The molecule has 2 N–H and O–H groups in total. The molecule has 0 aliphatic rings. The highest BCUT2D eigenvalue weighted by atomic mass is 16.6. The van der Waals surface area contributed by atoms with E-state index < -0.39 is 12.2 Å². The van der Waals surface area contributed by atoms with Gasteiger partial charge in [0.1, 0.15) is 0 Å². The van der Waals surface area contributed by atoms with Gasteiger partial charge in [-0.25, -0.2) is 9.59 Å². The van der Waals surface area contributed by atoms with Crippen molar-refractivity contribution in [3.63, 3.8) is 0 Å². The van der Waals surface area contributed by atoms with Crippen molar-refractivity contribution in [2.75, 3.05) is 0 Å². The first-order chi connectivity index (χ1) is 6.79. The molecule has 0 saturated carbocycles. The zero-order valence-electron chi connectivity index (χ0n) is 9.22. The molecule has 0 heterocycles. The van der Waals surface area contributed by atoms with E-state index in [4.69, 9.17) is 0 Å². The number of ether oxygens (including phenoxy) is 2. The minimum atomic E-state index is -1.06. The Hall–Kier alpha value is -1.66. The monoisotopic (exact) mass is 220 g/mol. The van der Waals surface area contributed by atoms with Crippen LogP contribution in [0.25, 0.3) is 0 Å². The first-order valence-electron chi connectivity index (χ1n) is 4.29. The Balaban J connectivity index is 0. The molecule has 7 nitrogen and oxygen atoms in total. The van der Waals surface area contributed by atoms with Gasteiger partial charge in [-0.3, -0.25) is 0 Å². The topological polar surface area (TPSA) is 108 Å². The Labute approximate surface area is 87.9 Å². The maximum Gasteiger partial charge on any atom is 0.470 e. The van der Waals surface area contributed by atoms with Gasteiger partial charge in [0.2, 0.25) is 0 Å². The molecule has 0 aliphatic carbocycles. The van der Waals surface area contributed by atoms with Crippen LogP contribution in [0.2, 0.25) is 0 Å². The van der Waals surface area contributed by atoms with Crippen molar-refractivity contribution in [2.24, 2.45) is 10.9 Å². The van der Waals surface area contributed by atoms with Gasteiger partial charge >= 0.3 is 12.2 Å². The van der Waals surface area contributed by atoms with Crippen LogP contribution >= 0.6 is 0 Å². The number of primary amides is 1. The number of amides is 2. The molecule has 0 rings (SSSR count). The van der Waals surface area contributed by atoms with Gasteiger partial charge in [0.15, 0.2) is 0 Å². The van der Waals surface area contributed by atoms with Gasteiger partial charge in [-0.15, -0.1) is 4.91 Å². The van der Waals surface area contributed by atoms with Gasteiger partial charge in [0.05, 0.1) is 17.4 Å². The highest BCUT2D eigenvalue weighted by Crippen LogP contribution is 1.89. The number of hydrogen-bond acceptors (Lipinski definition) is 5. The summed E-state index contributed by atoms with van der Waals surface area (Å²) in [7, 11) is 0. The summed E-state index contributed by atoms with van der Waals surface area (Å²) in [4.78, 5) is 29.0. The van der Waals surface area contributed by atoms with Crippen LogP contribution in [0.15, 0.2) is 5.18 Å². The standard InChI is InChI=1S/C4H7NO3.C4H9NO2/c1-3(2)8-4(6)5-7;1-3(2)7-4(5)6/h3H,1-2H3;3H,1-2H3,(H2,5,6). The molecule has 0 aromatic rings. The highest BCUT2D eigenvalue weighted by molar-refractivity contribution is 5.67. The molecule has 0 saturated heterocycles. The second-order valence-electron chi connectivity index (χ2n) is 3.01. The fraction of sp³-hybridized carbons (Fsp3) is 0.750. The molecule has 88 valence electrons. The maximum absolute atomic E-state index is 9.92. The number of rotatable bonds is 2. The van der Waals surface area contributed by atoms with Crippen LogP contribution in [0.1, 0.15) is 27.7 Å². The van der Waals surface area contributed by atoms with Crippen molar-refractivity contribution in [3.05, 3.63) is 4.91 Å². The van der Waals surface area contributed by atoms with Crippen LogP contribution in [0.5, 0.6) is 0 Å². The summed E-state index contributed by atoms with van der Waals surface area (Å²) in [6, 6.07) is 0. The Kier molecular flexibility index (Phi) is 9.39. The summed E-state index contributed by atoms with van der Waals surface area (Å²) >= 11 is 0. The van der Waals surface area contributed by atoms with E-state index in [2.05, 4.69) is 15.2 Å². The lowest BCUT2D eigenvalue weighted by Crippen LogP contribution is -2.17. The van der Waals surface area contributed by atoms with Crippen molar-refractivity contribution in [1.82, 2.24) is 0 Å². The molecule has 0 aliphatic heterocycles. The fourth-order valence-electron chi connectivity index (χ4n) is 0.455. The second-order valence-corrected chi connectivity index (χ2v) is 3.01. The van der Waals surface area contributed by atoms with Crippen molar-refractivity contribution < 1.29 is 19.1 Å². The molecule has 7 heteroatoms. The second kappa shape index (κ2) is 8.92. The number of hydrogen-bond donors (Lipinski definition) is 1. The lowest BCUT2D eigenvalue weighted by Gasteiger charge is -2.01. The van der Waals surface area contributed by atoms with Crippen LogP contribution in [-0.2, 0) is 9.47 Å². The Morgan fingerprint density at radius 2 is 1.47 bits per heavy atom. The minimum absolute atomic E-state index is 0.0995. The van der Waals surface area contributed by atoms with Crippen molar-refractivity contribution in [1.29, 1.82) is 0 Å². The predicted octanol–water partition coefficient (Wildman–Crippen LogP) is 1.79. The van der Waals surface area contributed by atoms with E-state index in [1.165, 1.54) is 0 Å². The average Bonchev–Trinajstić information content (AvgIpc) is 2.01. The summed E-state index contributed by atoms with van der Waals surface area (Å²) in [5.74, 6) is 0. The lowest BCUT2D eigenvalue weighted by atomic mass is 10.5. The number of nitrogens with zero attached hydrogens (tertiary/aromatic N) is 1. The zero-order valence-corrected chi connectivity index (χ0v) is 9.22. The van der Waals surface area contributed by atoms with Gasteiger partial charge in [0, 0.05) is 0 Å². The van der Waals surface area contributed by atoms with Crippen molar-refractivity contribution in [3.8, 4) is 0 Å². The quantitative estimate of drug-likeness (QED) is 0.713. The van der Waals surface area contributed by atoms with Crippen LogP contribution in [-0.4, -0.2) is 24.4 Å². The molecule has 0 bridgehead atoms. The third-order valence-electron chi connectivity index (χ3n) is 0.763. The zero-order chi connectivity index (χ0) is 12.4. The largest absolute Gasteiger partial charge is 0.470 e. The van der Waals surface area contributed by atoms with E-state index in [1.54, 1.807) is 27.7 Å². The smallest absolute Gasteiger partial charge is 0.447 e. The molecule has 15 heavy (non-hydrogen) atoms. The molecular formula is C8H16N2O5. The maximum atomic E-state index is 9.92. The van der Waals surface area contributed by atoms with Crippen LogP contribution in [0.3, 0.4) is 0 Å². The Morgan fingerprint density at radius 1 is 1.07 bits per heavy atom. The summed E-state index contributed by atoms with van der Waals surface area (Å²) < 4.78 is 8.67. The number of nitrogens with two attached hydrogens (primary N) is 1. The molecule has 0 radical (unpaired) electrons. The number of nitroso groups, excluding NO2 is 1. The molecular weight excluding hydrogens is 204 g/mol. The third-order valence-corrected chi connectivity index (χ3v) is 0.763. The fourth-order valence-corrected chi connectivity index (χ4v) is 0.455. The molecule has 2 amide bonds. The summed E-state index contributed by atoms with van der Waals surface area (Å²) in [5, 5.41) is 2.02. The van der Waals surface area contributed by atoms with E-state index in [1.807, 2.05) is 5.18 Å². The van der Waals surface area contributed by atoms with Crippen LogP contribution in [0.4, 0.5) is 9.59 Å². The van der Waals surface area contributed by atoms with E-state index >= 15 is 0 Å².